The second kappa shape index (κ2) is 6.13. The van der Waals surface area contributed by atoms with Gasteiger partial charge in [0.25, 0.3) is 0 Å². The third kappa shape index (κ3) is 2.81. The Hall–Kier alpha value is -1.44. The third-order valence-electron chi connectivity index (χ3n) is 3.19. The van der Waals surface area contributed by atoms with Crippen LogP contribution in [0.5, 0.6) is 0 Å². The number of halogens is 1. The number of hydrogen-bond acceptors (Lipinski definition) is 7. The van der Waals surface area contributed by atoms with E-state index in [1.165, 1.54) is 11.3 Å². The minimum Gasteiger partial charge on any atom is -0.462 e. The van der Waals surface area contributed by atoms with Gasteiger partial charge < -0.3 is 14.4 Å². The highest BCUT2D eigenvalue weighted by Gasteiger charge is 2.23. The number of carbonyl (C=O) groups is 1. The van der Waals surface area contributed by atoms with Gasteiger partial charge in [-0.15, -0.1) is 11.3 Å². The molecule has 3 rings (SSSR count). The van der Waals surface area contributed by atoms with Crippen molar-refractivity contribution in [2.75, 3.05) is 37.8 Å². The van der Waals surface area contributed by atoms with Gasteiger partial charge in [-0.25, -0.2) is 9.78 Å². The van der Waals surface area contributed by atoms with Crippen LogP contribution in [0.15, 0.2) is 5.38 Å². The Bertz CT molecular complexity index is 670. The Morgan fingerprint density at radius 3 is 2.95 bits per heavy atom. The summed E-state index contributed by atoms with van der Waals surface area (Å²) in [5.74, 6) is 0.321. The van der Waals surface area contributed by atoms with E-state index in [9.17, 15) is 4.79 Å². The molecule has 0 amide bonds. The molecule has 1 fully saturated rings. The maximum Gasteiger partial charge on any atom is 0.339 e. The number of esters is 1. The van der Waals surface area contributed by atoms with Crippen molar-refractivity contribution >= 4 is 44.9 Å². The van der Waals surface area contributed by atoms with Crippen LogP contribution in [0.1, 0.15) is 17.3 Å². The van der Waals surface area contributed by atoms with Gasteiger partial charge in [0.2, 0.25) is 5.28 Å². The Labute approximate surface area is 130 Å². The average Bonchev–Trinajstić information content (AvgIpc) is 2.91. The van der Waals surface area contributed by atoms with E-state index < -0.39 is 0 Å². The summed E-state index contributed by atoms with van der Waals surface area (Å²) >= 11 is 7.37. The van der Waals surface area contributed by atoms with E-state index in [4.69, 9.17) is 21.1 Å². The number of thiophene rings is 1. The first-order valence-corrected chi connectivity index (χ1v) is 7.91. The minimum absolute atomic E-state index is 0.182. The van der Waals surface area contributed by atoms with Gasteiger partial charge in [0, 0.05) is 18.5 Å². The maximum absolute atomic E-state index is 12.1. The normalized spacial score (nSPS) is 15.4. The predicted molar refractivity (Wildman–Crippen MR) is 81.4 cm³/mol. The van der Waals surface area contributed by atoms with E-state index in [-0.39, 0.29) is 11.3 Å². The molecular weight excluding hydrogens is 314 g/mol. The van der Waals surface area contributed by atoms with Crippen LogP contribution in [-0.4, -0.2) is 48.8 Å². The molecule has 112 valence electrons. The Morgan fingerprint density at radius 1 is 1.48 bits per heavy atom. The molecule has 0 spiro atoms. The standard InChI is InChI=1S/C13H14ClN3O3S/c1-2-20-12(18)8-7-21-11-9(8)10(15-13(14)16-11)17-3-5-19-6-4-17/h7H,2-6H2,1H3. The van der Waals surface area contributed by atoms with Crippen molar-refractivity contribution in [3.05, 3.63) is 16.2 Å². The first-order chi connectivity index (χ1) is 10.2. The van der Waals surface area contributed by atoms with Crippen LogP contribution < -0.4 is 4.90 Å². The molecular formula is C13H14ClN3O3S. The third-order valence-corrected chi connectivity index (χ3v) is 4.23. The summed E-state index contributed by atoms with van der Waals surface area (Å²) in [5, 5.41) is 2.64. The summed E-state index contributed by atoms with van der Waals surface area (Å²) in [7, 11) is 0. The molecule has 1 saturated heterocycles. The highest BCUT2D eigenvalue weighted by Crippen LogP contribution is 2.33. The molecule has 0 N–H and O–H groups in total. The molecule has 3 heterocycles. The predicted octanol–water partition coefficient (Wildman–Crippen LogP) is 2.36. The fourth-order valence-corrected chi connectivity index (χ4v) is 3.38. The highest BCUT2D eigenvalue weighted by molar-refractivity contribution is 7.17. The Morgan fingerprint density at radius 2 is 2.24 bits per heavy atom. The van der Waals surface area contributed by atoms with Crippen molar-refractivity contribution in [2.24, 2.45) is 0 Å². The van der Waals surface area contributed by atoms with Crippen molar-refractivity contribution in [1.29, 1.82) is 0 Å². The first kappa shape index (κ1) is 14.5. The summed E-state index contributed by atoms with van der Waals surface area (Å²) in [4.78, 5) is 23.4. The number of carbonyl (C=O) groups excluding carboxylic acids is 1. The number of fused-ring (bicyclic) bond motifs is 1. The molecule has 0 aromatic carbocycles. The van der Waals surface area contributed by atoms with Gasteiger partial charge in [0.05, 0.1) is 30.8 Å². The average molecular weight is 328 g/mol. The topological polar surface area (TPSA) is 64.5 Å². The molecule has 2 aromatic heterocycles. The van der Waals surface area contributed by atoms with Gasteiger partial charge in [-0.2, -0.15) is 4.98 Å². The number of hydrogen-bond donors (Lipinski definition) is 0. The molecule has 0 saturated carbocycles. The Balaban J connectivity index is 2.12. The maximum atomic E-state index is 12.1. The summed E-state index contributed by atoms with van der Waals surface area (Å²) in [5.41, 5.74) is 0.495. The molecule has 0 unspecified atom stereocenters. The van der Waals surface area contributed by atoms with Gasteiger partial charge in [-0.1, -0.05) is 0 Å². The largest absolute Gasteiger partial charge is 0.462 e. The minimum atomic E-state index is -0.357. The highest BCUT2D eigenvalue weighted by atomic mass is 35.5. The van der Waals surface area contributed by atoms with Gasteiger partial charge in [-0.3, -0.25) is 0 Å². The van der Waals surface area contributed by atoms with Crippen LogP contribution in [0.25, 0.3) is 10.2 Å². The lowest BCUT2D eigenvalue weighted by Gasteiger charge is -2.28. The van der Waals surface area contributed by atoms with Crippen LogP contribution in [0.2, 0.25) is 5.28 Å². The van der Waals surface area contributed by atoms with Crippen molar-refractivity contribution in [3.63, 3.8) is 0 Å². The zero-order valence-corrected chi connectivity index (χ0v) is 13.0. The van der Waals surface area contributed by atoms with E-state index in [2.05, 4.69) is 14.9 Å². The lowest BCUT2D eigenvalue weighted by Crippen LogP contribution is -2.37. The van der Waals surface area contributed by atoms with Crippen molar-refractivity contribution in [2.45, 2.75) is 6.92 Å². The number of ether oxygens (including phenoxy) is 2. The van der Waals surface area contributed by atoms with E-state index in [0.29, 0.717) is 54.5 Å². The van der Waals surface area contributed by atoms with Gasteiger partial charge in [0.15, 0.2) is 0 Å². The molecule has 2 aromatic rings. The summed E-state index contributed by atoms with van der Waals surface area (Å²) < 4.78 is 10.5. The monoisotopic (exact) mass is 327 g/mol. The fourth-order valence-electron chi connectivity index (χ4n) is 2.26. The molecule has 0 atom stereocenters. The van der Waals surface area contributed by atoms with Crippen molar-refractivity contribution in [1.82, 2.24) is 9.97 Å². The van der Waals surface area contributed by atoms with Crippen LogP contribution >= 0.6 is 22.9 Å². The number of anilines is 1. The fraction of sp³-hybridized carbons (Fsp3) is 0.462. The van der Waals surface area contributed by atoms with Crippen molar-refractivity contribution in [3.8, 4) is 0 Å². The van der Waals surface area contributed by atoms with E-state index >= 15 is 0 Å². The second-order valence-corrected chi connectivity index (χ2v) is 5.66. The van der Waals surface area contributed by atoms with E-state index in [1.807, 2.05) is 0 Å². The van der Waals surface area contributed by atoms with E-state index in [0.717, 1.165) is 0 Å². The SMILES string of the molecule is CCOC(=O)c1csc2nc(Cl)nc(N3CCOCC3)c12. The molecule has 6 nitrogen and oxygen atoms in total. The van der Waals surface area contributed by atoms with Crippen LogP contribution in [0.3, 0.4) is 0 Å². The first-order valence-electron chi connectivity index (χ1n) is 6.65. The second-order valence-electron chi connectivity index (χ2n) is 4.47. The molecule has 0 bridgehead atoms. The zero-order valence-electron chi connectivity index (χ0n) is 11.5. The molecule has 1 aliphatic rings. The van der Waals surface area contributed by atoms with Gasteiger partial charge in [-0.05, 0) is 18.5 Å². The lowest BCUT2D eigenvalue weighted by molar-refractivity contribution is 0.0529. The summed E-state index contributed by atoms with van der Waals surface area (Å²) in [6, 6.07) is 0. The quantitative estimate of drug-likeness (QED) is 0.637. The molecule has 21 heavy (non-hydrogen) atoms. The van der Waals surface area contributed by atoms with Crippen LogP contribution in [0, 0.1) is 0 Å². The smallest absolute Gasteiger partial charge is 0.339 e. The van der Waals surface area contributed by atoms with Gasteiger partial charge in [0.1, 0.15) is 10.6 Å². The van der Waals surface area contributed by atoms with Crippen LogP contribution in [-0.2, 0) is 9.47 Å². The van der Waals surface area contributed by atoms with Crippen LogP contribution in [0.4, 0.5) is 5.82 Å². The van der Waals surface area contributed by atoms with Crippen molar-refractivity contribution < 1.29 is 14.3 Å². The molecule has 1 aliphatic heterocycles. The Kier molecular flexibility index (Phi) is 4.23. The van der Waals surface area contributed by atoms with E-state index in [1.54, 1.807) is 12.3 Å². The summed E-state index contributed by atoms with van der Waals surface area (Å²) in [6.45, 7) is 4.78. The molecule has 0 aliphatic carbocycles. The zero-order chi connectivity index (χ0) is 14.8. The summed E-state index contributed by atoms with van der Waals surface area (Å²) in [6.07, 6.45) is 0. The number of nitrogens with zero attached hydrogens (tertiary/aromatic N) is 3. The number of aromatic nitrogens is 2. The lowest BCUT2D eigenvalue weighted by atomic mass is 10.2. The van der Waals surface area contributed by atoms with Gasteiger partial charge >= 0.3 is 5.97 Å². The number of morpholine rings is 1. The number of rotatable bonds is 3. The molecule has 8 heteroatoms. The molecule has 0 radical (unpaired) electrons.